The van der Waals surface area contributed by atoms with E-state index in [1.165, 1.54) is 0 Å². The van der Waals surface area contributed by atoms with Gasteiger partial charge in [0.1, 0.15) is 5.76 Å². The van der Waals surface area contributed by atoms with E-state index < -0.39 is 0 Å². The number of anilines is 1. The van der Waals surface area contributed by atoms with Crippen molar-refractivity contribution >= 4 is 11.9 Å². The van der Waals surface area contributed by atoms with Crippen LogP contribution in [0.1, 0.15) is 23.9 Å². The Bertz CT molecular complexity index is 686. The van der Waals surface area contributed by atoms with Crippen LogP contribution in [-0.2, 0) is 6.54 Å². The Labute approximate surface area is 148 Å². The Kier molecular flexibility index (Phi) is 5.47. The van der Waals surface area contributed by atoms with Crippen molar-refractivity contribution in [3.05, 3.63) is 35.5 Å². The zero-order chi connectivity index (χ0) is 17.6. The van der Waals surface area contributed by atoms with Gasteiger partial charge in [0, 0.05) is 50.7 Å². The summed E-state index contributed by atoms with van der Waals surface area (Å²) in [5.41, 5.74) is 1.97. The highest BCUT2D eigenvalue weighted by atomic mass is 16.5. The molecule has 1 aliphatic heterocycles. The summed E-state index contributed by atoms with van der Waals surface area (Å²) < 4.78 is 5.22. The van der Waals surface area contributed by atoms with Gasteiger partial charge in [-0.25, -0.2) is 15.0 Å². The molecule has 2 aromatic heterocycles. The molecule has 0 saturated carbocycles. The van der Waals surface area contributed by atoms with Crippen molar-refractivity contribution in [3.63, 3.8) is 0 Å². The molecule has 0 bridgehead atoms. The standard InChI is InChI=1S/C17H25N7O/c1-4-18-16(21-12-15-13(2)22-25-14(15)3)23-8-10-24(11-9-23)17-19-6-5-7-20-17/h5-7H,4,8-12H2,1-3H3,(H,18,21). The van der Waals surface area contributed by atoms with Gasteiger partial charge in [-0.3, -0.25) is 0 Å². The normalized spacial score (nSPS) is 15.6. The summed E-state index contributed by atoms with van der Waals surface area (Å²) in [6, 6.07) is 1.84. The number of guanidine groups is 1. The number of nitrogens with zero attached hydrogens (tertiary/aromatic N) is 6. The fraction of sp³-hybridized carbons (Fsp3) is 0.529. The van der Waals surface area contributed by atoms with Gasteiger partial charge in [0.15, 0.2) is 5.96 Å². The molecule has 0 atom stereocenters. The van der Waals surface area contributed by atoms with E-state index in [9.17, 15) is 0 Å². The zero-order valence-corrected chi connectivity index (χ0v) is 15.1. The quantitative estimate of drug-likeness (QED) is 0.663. The van der Waals surface area contributed by atoms with E-state index in [2.05, 4.69) is 37.2 Å². The third-order valence-corrected chi connectivity index (χ3v) is 4.32. The van der Waals surface area contributed by atoms with Crippen LogP contribution in [0.4, 0.5) is 5.95 Å². The second-order valence-corrected chi connectivity index (χ2v) is 6.00. The number of piperazine rings is 1. The van der Waals surface area contributed by atoms with Crippen molar-refractivity contribution in [1.82, 2.24) is 25.3 Å². The first-order valence-corrected chi connectivity index (χ1v) is 8.66. The fourth-order valence-corrected chi connectivity index (χ4v) is 2.88. The van der Waals surface area contributed by atoms with Crippen LogP contribution in [0, 0.1) is 13.8 Å². The predicted molar refractivity (Wildman–Crippen MR) is 96.6 cm³/mol. The van der Waals surface area contributed by atoms with Gasteiger partial charge in [-0.05, 0) is 26.8 Å². The predicted octanol–water partition coefficient (Wildman–Crippen LogP) is 1.37. The van der Waals surface area contributed by atoms with Crippen LogP contribution in [0.3, 0.4) is 0 Å². The Balaban J connectivity index is 1.65. The van der Waals surface area contributed by atoms with E-state index >= 15 is 0 Å². The Morgan fingerprint density at radius 1 is 1.20 bits per heavy atom. The molecule has 3 heterocycles. The van der Waals surface area contributed by atoms with Crippen LogP contribution in [0.25, 0.3) is 0 Å². The largest absolute Gasteiger partial charge is 0.361 e. The topological polar surface area (TPSA) is 82.7 Å². The third-order valence-electron chi connectivity index (χ3n) is 4.32. The molecular formula is C17H25N7O. The Hall–Kier alpha value is -2.64. The number of rotatable bonds is 4. The van der Waals surface area contributed by atoms with E-state index in [-0.39, 0.29) is 0 Å². The smallest absolute Gasteiger partial charge is 0.225 e. The SMILES string of the molecule is CCNC(=NCc1c(C)noc1C)N1CCN(c2ncccn2)CC1. The summed E-state index contributed by atoms with van der Waals surface area (Å²) in [5, 5.41) is 7.38. The van der Waals surface area contributed by atoms with Crippen LogP contribution < -0.4 is 10.2 Å². The van der Waals surface area contributed by atoms with Gasteiger partial charge >= 0.3 is 0 Å². The summed E-state index contributed by atoms with van der Waals surface area (Å²) in [5.74, 6) is 2.55. The average Bonchev–Trinajstić information content (AvgIpc) is 2.98. The maximum atomic E-state index is 5.22. The minimum Gasteiger partial charge on any atom is -0.361 e. The molecule has 2 aromatic rings. The molecule has 25 heavy (non-hydrogen) atoms. The average molecular weight is 343 g/mol. The van der Waals surface area contributed by atoms with E-state index in [4.69, 9.17) is 9.52 Å². The van der Waals surface area contributed by atoms with Crippen molar-refractivity contribution in [2.24, 2.45) is 4.99 Å². The highest BCUT2D eigenvalue weighted by Crippen LogP contribution is 2.14. The second kappa shape index (κ2) is 7.96. The molecule has 1 fully saturated rings. The lowest BCUT2D eigenvalue weighted by Crippen LogP contribution is -2.53. The summed E-state index contributed by atoms with van der Waals surface area (Å²) in [4.78, 5) is 17.9. The number of aryl methyl sites for hydroxylation is 2. The molecule has 0 spiro atoms. The van der Waals surface area contributed by atoms with Crippen molar-refractivity contribution < 1.29 is 4.52 Å². The van der Waals surface area contributed by atoms with Gasteiger partial charge in [-0.15, -0.1) is 0 Å². The highest BCUT2D eigenvalue weighted by molar-refractivity contribution is 5.80. The van der Waals surface area contributed by atoms with Crippen LogP contribution in [-0.4, -0.2) is 58.7 Å². The number of hydrogen-bond acceptors (Lipinski definition) is 6. The Morgan fingerprint density at radius 3 is 2.52 bits per heavy atom. The van der Waals surface area contributed by atoms with Gasteiger partial charge in [-0.1, -0.05) is 5.16 Å². The fourth-order valence-electron chi connectivity index (χ4n) is 2.88. The highest BCUT2D eigenvalue weighted by Gasteiger charge is 2.21. The van der Waals surface area contributed by atoms with Gasteiger partial charge in [0.2, 0.25) is 5.95 Å². The molecule has 8 nitrogen and oxygen atoms in total. The lowest BCUT2D eigenvalue weighted by molar-refractivity contribution is 0.370. The third kappa shape index (κ3) is 4.07. The van der Waals surface area contributed by atoms with Crippen molar-refractivity contribution in [3.8, 4) is 0 Å². The van der Waals surface area contributed by atoms with Gasteiger partial charge in [0.25, 0.3) is 0 Å². The molecule has 0 aromatic carbocycles. The molecule has 134 valence electrons. The monoisotopic (exact) mass is 343 g/mol. The van der Waals surface area contributed by atoms with Gasteiger partial charge in [-0.2, -0.15) is 0 Å². The first-order chi connectivity index (χ1) is 12.2. The van der Waals surface area contributed by atoms with Gasteiger partial charge in [0.05, 0.1) is 12.2 Å². The maximum absolute atomic E-state index is 5.22. The molecule has 0 radical (unpaired) electrons. The van der Waals surface area contributed by atoms with Crippen molar-refractivity contribution in [2.75, 3.05) is 37.6 Å². The molecule has 1 N–H and O–H groups in total. The first-order valence-electron chi connectivity index (χ1n) is 8.66. The van der Waals surface area contributed by atoms with Crippen LogP contribution in [0.2, 0.25) is 0 Å². The molecule has 3 rings (SSSR count). The zero-order valence-electron chi connectivity index (χ0n) is 15.1. The number of aliphatic imine (C=N–C) groups is 1. The molecule has 0 aliphatic carbocycles. The van der Waals surface area contributed by atoms with Gasteiger partial charge < -0.3 is 19.6 Å². The summed E-state index contributed by atoms with van der Waals surface area (Å²) >= 11 is 0. The number of aromatic nitrogens is 3. The lowest BCUT2D eigenvalue weighted by atomic mass is 10.2. The van der Waals surface area contributed by atoms with Crippen LogP contribution in [0.5, 0.6) is 0 Å². The summed E-state index contributed by atoms with van der Waals surface area (Å²) in [6.45, 7) is 10.9. The number of hydrogen-bond donors (Lipinski definition) is 1. The van der Waals surface area contributed by atoms with E-state index in [1.54, 1.807) is 12.4 Å². The maximum Gasteiger partial charge on any atom is 0.225 e. The Morgan fingerprint density at radius 2 is 1.92 bits per heavy atom. The van der Waals surface area contributed by atoms with Crippen LogP contribution >= 0.6 is 0 Å². The van der Waals surface area contributed by atoms with Crippen molar-refractivity contribution in [2.45, 2.75) is 27.3 Å². The van der Waals surface area contributed by atoms with E-state index in [0.717, 1.165) is 61.6 Å². The lowest BCUT2D eigenvalue weighted by Gasteiger charge is -2.36. The number of nitrogens with one attached hydrogen (secondary N) is 1. The molecular weight excluding hydrogens is 318 g/mol. The summed E-state index contributed by atoms with van der Waals surface area (Å²) in [6.07, 6.45) is 3.56. The van der Waals surface area contributed by atoms with E-state index in [0.29, 0.717) is 6.54 Å². The van der Waals surface area contributed by atoms with E-state index in [1.807, 2.05) is 19.9 Å². The second-order valence-electron chi connectivity index (χ2n) is 6.00. The molecule has 0 amide bonds. The molecule has 8 heteroatoms. The minimum absolute atomic E-state index is 0.575. The minimum atomic E-state index is 0.575. The molecule has 1 saturated heterocycles. The summed E-state index contributed by atoms with van der Waals surface area (Å²) in [7, 11) is 0. The molecule has 1 aliphatic rings. The van der Waals surface area contributed by atoms with Crippen molar-refractivity contribution in [1.29, 1.82) is 0 Å². The van der Waals surface area contributed by atoms with Crippen LogP contribution in [0.15, 0.2) is 28.0 Å². The molecule has 0 unspecified atom stereocenters. The first kappa shape index (κ1) is 17.2.